The van der Waals surface area contributed by atoms with Crippen LogP contribution in [0.1, 0.15) is 57.8 Å². The summed E-state index contributed by atoms with van der Waals surface area (Å²) in [4.78, 5) is 4.68. The molecule has 3 saturated carbocycles. The molecular formula is C18H28Cl2N2OS. The van der Waals surface area contributed by atoms with Gasteiger partial charge < -0.3 is 10.8 Å². The molecule has 7 unspecified atom stereocenters. The fourth-order valence-corrected chi connectivity index (χ4v) is 7.66. The average Bonchev–Trinajstić information content (AvgIpc) is 2.76. The van der Waals surface area contributed by atoms with Crippen LogP contribution in [0.5, 0.6) is 0 Å². The summed E-state index contributed by atoms with van der Waals surface area (Å²) in [6, 6.07) is 0.148. The van der Waals surface area contributed by atoms with Crippen LogP contribution in [0.15, 0.2) is 4.99 Å². The minimum Gasteiger partial charge on any atom is -0.385 e. The van der Waals surface area contributed by atoms with Crippen molar-refractivity contribution in [3.8, 4) is 0 Å². The average molecular weight is 391 g/mol. The largest absolute Gasteiger partial charge is 0.385 e. The molecule has 0 saturated heterocycles. The van der Waals surface area contributed by atoms with Gasteiger partial charge in [0.25, 0.3) is 0 Å². The molecule has 0 aromatic rings. The van der Waals surface area contributed by atoms with Crippen molar-refractivity contribution < 1.29 is 5.11 Å². The number of nitrogens with zero attached hydrogens (tertiary/aromatic N) is 1. The highest BCUT2D eigenvalue weighted by Crippen LogP contribution is 2.52. The molecule has 1 aliphatic heterocycles. The van der Waals surface area contributed by atoms with E-state index in [0.717, 1.165) is 43.8 Å². The summed E-state index contributed by atoms with van der Waals surface area (Å²) >= 11 is 15.1. The van der Waals surface area contributed by atoms with Gasteiger partial charge in [-0.25, -0.2) is 0 Å². The fraction of sp³-hybridized carbons (Fsp3) is 0.944. The minimum absolute atomic E-state index is 0.0743. The maximum absolute atomic E-state index is 11.8. The number of aliphatic imine (C=N–C) groups is 1. The molecule has 0 amide bonds. The van der Waals surface area contributed by atoms with E-state index in [1.54, 1.807) is 0 Å². The number of aliphatic hydroxyl groups is 1. The highest BCUT2D eigenvalue weighted by atomic mass is 35.5. The zero-order valence-corrected chi connectivity index (χ0v) is 16.4. The molecule has 4 rings (SSSR count). The van der Waals surface area contributed by atoms with Crippen molar-refractivity contribution >= 4 is 40.8 Å². The highest BCUT2D eigenvalue weighted by molar-refractivity contribution is 8.00. The second-order valence-electron chi connectivity index (χ2n) is 8.17. The van der Waals surface area contributed by atoms with Crippen molar-refractivity contribution in [1.29, 1.82) is 0 Å². The van der Waals surface area contributed by atoms with E-state index in [4.69, 9.17) is 28.9 Å². The van der Waals surface area contributed by atoms with E-state index in [2.05, 4.69) is 16.8 Å². The van der Waals surface area contributed by atoms with Crippen LogP contribution >= 0.6 is 35.0 Å². The third-order valence-electron chi connectivity index (χ3n) is 6.74. The first-order valence-electron chi connectivity index (χ1n) is 9.48. The molecule has 7 atom stereocenters. The zero-order chi connectivity index (χ0) is 16.9. The molecule has 0 bridgehead atoms. The number of hydrogen-bond donors (Lipinski definition) is 2. The summed E-state index contributed by atoms with van der Waals surface area (Å²) in [5.74, 6) is 0.642. The third-order valence-corrected chi connectivity index (χ3v) is 9.30. The normalized spacial score (nSPS) is 49.4. The van der Waals surface area contributed by atoms with Crippen LogP contribution in [0.4, 0.5) is 0 Å². The maximum Gasteiger partial charge on any atom is 0.130 e. The number of rotatable bonds is 3. The Kier molecular flexibility index (Phi) is 5.05. The van der Waals surface area contributed by atoms with Crippen molar-refractivity contribution in [3.05, 3.63) is 0 Å². The Hall–Kier alpha value is 0.360. The lowest BCUT2D eigenvalue weighted by molar-refractivity contribution is -0.0259. The number of amidine groups is 1. The van der Waals surface area contributed by atoms with Crippen LogP contribution in [0.25, 0.3) is 0 Å². The monoisotopic (exact) mass is 390 g/mol. The van der Waals surface area contributed by atoms with Crippen LogP contribution in [-0.2, 0) is 0 Å². The van der Waals surface area contributed by atoms with Gasteiger partial charge in [-0.2, -0.15) is 11.8 Å². The summed E-state index contributed by atoms with van der Waals surface area (Å²) < 4.78 is 0. The van der Waals surface area contributed by atoms with Crippen molar-refractivity contribution in [2.24, 2.45) is 22.6 Å². The second-order valence-corrected chi connectivity index (χ2v) is 10.9. The van der Waals surface area contributed by atoms with Crippen LogP contribution in [0.2, 0.25) is 0 Å². The van der Waals surface area contributed by atoms with Gasteiger partial charge in [0, 0.05) is 33.1 Å². The van der Waals surface area contributed by atoms with Crippen molar-refractivity contribution in [3.63, 3.8) is 0 Å². The summed E-state index contributed by atoms with van der Waals surface area (Å²) in [6.45, 7) is 0. The second kappa shape index (κ2) is 6.83. The first-order chi connectivity index (χ1) is 11.5. The van der Waals surface area contributed by atoms with E-state index < -0.39 is 5.60 Å². The third kappa shape index (κ3) is 3.00. The summed E-state index contributed by atoms with van der Waals surface area (Å²) in [6.07, 6.45) is 9.68. The Morgan fingerprint density at radius 2 is 1.67 bits per heavy atom. The van der Waals surface area contributed by atoms with Gasteiger partial charge in [0.05, 0.1) is 6.04 Å². The first kappa shape index (κ1) is 17.8. The molecule has 24 heavy (non-hydrogen) atoms. The topological polar surface area (TPSA) is 58.6 Å². The Morgan fingerprint density at radius 1 is 1.00 bits per heavy atom. The lowest BCUT2D eigenvalue weighted by Gasteiger charge is -2.48. The molecule has 4 aliphatic rings. The molecule has 1 heterocycles. The van der Waals surface area contributed by atoms with E-state index >= 15 is 0 Å². The SMILES string of the molecule is NC1=NC2CCC(Cl)CC2C1(O)C1CC(Cl)CCC1SC1CCC1. The highest BCUT2D eigenvalue weighted by Gasteiger charge is 2.58. The summed E-state index contributed by atoms with van der Waals surface area (Å²) in [7, 11) is 0. The number of alkyl halides is 2. The first-order valence-corrected chi connectivity index (χ1v) is 11.3. The van der Waals surface area contributed by atoms with Crippen LogP contribution in [0.3, 0.4) is 0 Å². The number of nitrogens with two attached hydrogens (primary N) is 1. The van der Waals surface area contributed by atoms with Gasteiger partial charge in [0.1, 0.15) is 11.4 Å². The van der Waals surface area contributed by atoms with Crippen LogP contribution < -0.4 is 5.73 Å². The van der Waals surface area contributed by atoms with Crippen LogP contribution in [-0.4, -0.2) is 43.8 Å². The Labute approximate surface area is 159 Å². The Bertz CT molecular complexity index is 515. The molecule has 3 nitrogen and oxygen atoms in total. The Morgan fingerprint density at radius 3 is 2.33 bits per heavy atom. The molecule has 3 aliphatic carbocycles. The van der Waals surface area contributed by atoms with Gasteiger partial charge in [-0.05, 0) is 51.4 Å². The van der Waals surface area contributed by atoms with Crippen molar-refractivity contribution in [2.45, 2.75) is 90.7 Å². The molecule has 0 spiro atoms. The van der Waals surface area contributed by atoms with Crippen LogP contribution in [0, 0.1) is 11.8 Å². The van der Waals surface area contributed by atoms with Gasteiger partial charge in [-0.1, -0.05) is 6.42 Å². The number of thioether (sulfide) groups is 1. The summed E-state index contributed by atoms with van der Waals surface area (Å²) in [5, 5.41) is 13.3. The molecule has 136 valence electrons. The molecule has 3 N–H and O–H groups in total. The van der Waals surface area contributed by atoms with E-state index in [1.165, 1.54) is 19.3 Å². The minimum atomic E-state index is -1.01. The molecule has 0 aromatic carbocycles. The number of hydrogen-bond acceptors (Lipinski definition) is 4. The van der Waals surface area contributed by atoms with Gasteiger partial charge in [0.2, 0.25) is 0 Å². The number of fused-ring (bicyclic) bond motifs is 1. The Balaban J connectivity index is 1.60. The van der Waals surface area contributed by atoms with Crippen molar-refractivity contribution in [2.75, 3.05) is 0 Å². The lowest BCUT2D eigenvalue weighted by atomic mass is 9.66. The summed E-state index contributed by atoms with van der Waals surface area (Å²) in [5.41, 5.74) is 5.33. The van der Waals surface area contributed by atoms with E-state index in [0.29, 0.717) is 11.1 Å². The van der Waals surface area contributed by atoms with E-state index in [-0.39, 0.29) is 28.6 Å². The number of halogens is 2. The van der Waals surface area contributed by atoms with Gasteiger partial charge in [-0.15, -0.1) is 23.2 Å². The predicted molar refractivity (Wildman–Crippen MR) is 103 cm³/mol. The maximum atomic E-state index is 11.8. The zero-order valence-electron chi connectivity index (χ0n) is 14.0. The molecular weight excluding hydrogens is 363 g/mol. The quantitative estimate of drug-likeness (QED) is 0.717. The molecule has 6 heteroatoms. The van der Waals surface area contributed by atoms with Gasteiger partial charge >= 0.3 is 0 Å². The van der Waals surface area contributed by atoms with E-state index in [1.807, 2.05) is 0 Å². The molecule has 3 fully saturated rings. The fourth-order valence-electron chi connectivity index (χ4n) is 5.14. The van der Waals surface area contributed by atoms with Gasteiger partial charge in [0.15, 0.2) is 0 Å². The smallest absolute Gasteiger partial charge is 0.130 e. The molecule has 0 aromatic heterocycles. The molecule has 0 radical (unpaired) electrons. The standard InChI is InChI=1S/C18H28Cl2N2OS/c19-10-4-6-15-13(8-10)18(23,17(21)22-15)14-9-11(20)5-7-16(14)24-12-2-1-3-12/h10-16,23H,1-9H2,(H2,21,22). The predicted octanol–water partition coefficient (Wildman–Crippen LogP) is 3.93. The van der Waals surface area contributed by atoms with E-state index in [9.17, 15) is 5.11 Å². The van der Waals surface area contributed by atoms with Crippen molar-refractivity contribution in [1.82, 2.24) is 0 Å². The van der Waals surface area contributed by atoms with Gasteiger partial charge in [-0.3, -0.25) is 4.99 Å². The lowest BCUT2D eigenvalue weighted by Crippen LogP contribution is -2.59.